The Morgan fingerprint density at radius 3 is 2.61 bits per heavy atom. The van der Waals surface area contributed by atoms with Crippen molar-refractivity contribution in [1.29, 1.82) is 0 Å². The molecule has 160 valence electrons. The van der Waals surface area contributed by atoms with Crippen LogP contribution >= 0.6 is 0 Å². The minimum absolute atomic E-state index is 0.0283. The number of imidazole rings is 1. The second-order valence-electron chi connectivity index (χ2n) is 7.06. The Balaban J connectivity index is 1.65. The number of benzene rings is 1. The molecule has 0 amide bonds. The van der Waals surface area contributed by atoms with E-state index in [4.69, 9.17) is 0 Å². The van der Waals surface area contributed by atoms with Crippen LogP contribution in [0.5, 0.6) is 0 Å². The van der Waals surface area contributed by atoms with Crippen molar-refractivity contribution in [2.75, 3.05) is 10.6 Å². The van der Waals surface area contributed by atoms with Gasteiger partial charge in [0.25, 0.3) is 0 Å². The predicted molar refractivity (Wildman–Crippen MR) is 110 cm³/mol. The van der Waals surface area contributed by atoms with E-state index in [1.54, 1.807) is 18.3 Å². The Kier molecular flexibility index (Phi) is 5.40. The average molecular weight is 428 g/mol. The van der Waals surface area contributed by atoms with Crippen LogP contribution in [0.15, 0.2) is 49.2 Å². The number of aromatic nitrogens is 6. The highest BCUT2D eigenvalue weighted by molar-refractivity contribution is 5.85. The number of fused-ring (bicyclic) bond motifs is 1. The largest absolute Gasteiger partial charge is 0.416 e. The zero-order valence-electron chi connectivity index (χ0n) is 16.7. The van der Waals surface area contributed by atoms with Gasteiger partial charge in [-0.1, -0.05) is 12.1 Å². The minimum Gasteiger partial charge on any atom is -0.364 e. The molecule has 0 aliphatic rings. The number of alkyl halides is 3. The lowest BCUT2D eigenvalue weighted by Crippen LogP contribution is -2.08. The van der Waals surface area contributed by atoms with E-state index in [0.29, 0.717) is 34.3 Å². The smallest absolute Gasteiger partial charge is 0.364 e. The van der Waals surface area contributed by atoms with E-state index in [0.717, 1.165) is 12.1 Å². The van der Waals surface area contributed by atoms with Gasteiger partial charge in [0.05, 0.1) is 5.56 Å². The second kappa shape index (κ2) is 8.17. The van der Waals surface area contributed by atoms with E-state index >= 15 is 0 Å². The number of hydrogen-bond donors (Lipinski definition) is 2. The van der Waals surface area contributed by atoms with Crippen LogP contribution in [0.4, 0.5) is 30.8 Å². The highest BCUT2D eigenvalue weighted by Gasteiger charge is 2.30. The van der Waals surface area contributed by atoms with Gasteiger partial charge >= 0.3 is 6.18 Å². The molecule has 31 heavy (non-hydrogen) atoms. The van der Waals surface area contributed by atoms with Crippen molar-refractivity contribution in [2.45, 2.75) is 32.6 Å². The fourth-order valence-electron chi connectivity index (χ4n) is 3.14. The average Bonchev–Trinajstić information content (AvgIpc) is 3.11. The van der Waals surface area contributed by atoms with Gasteiger partial charge in [0.2, 0.25) is 5.95 Å². The molecule has 3 aromatic heterocycles. The molecule has 0 unspecified atom stereocenters. The van der Waals surface area contributed by atoms with Crippen LogP contribution in [0.3, 0.4) is 0 Å². The summed E-state index contributed by atoms with van der Waals surface area (Å²) in [4.78, 5) is 21.3. The van der Waals surface area contributed by atoms with Crippen molar-refractivity contribution in [1.82, 2.24) is 29.5 Å². The maximum absolute atomic E-state index is 13.0. The summed E-state index contributed by atoms with van der Waals surface area (Å²) in [6.45, 7) is 4.13. The van der Waals surface area contributed by atoms with Crippen LogP contribution in [0.2, 0.25) is 0 Å². The van der Waals surface area contributed by atoms with Gasteiger partial charge in [0.1, 0.15) is 18.5 Å². The van der Waals surface area contributed by atoms with Crippen molar-refractivity contribution in [3.05, 3.63) is 60.3 Å². The van der Waals surface area contributed by atoms with Crippen molar-refractivity contribution in [3.63, 3.8) is 0 Å². The summed E-state index contributed by atoms with van der Waals surface area (Å²) < 4.78 is 40.8. The van der Waals surface area contributed by atoms with Crippen LogP contribution in [0, 0.1) is 0 Å². The lowest BCUT2D eigenvalue weighted by molar-refractivity contribution is -0.137. The van der Waals surface area contributed by atoms with Gasteiger partial charge in [-0.25, -0.2) is 24.9 Å². The molecule has 0 fully saturated rings. The van der Waals surface area contributed by atoms with Crippen LogP contribution in [-0.2, 0) is 12.7 Å². The number of nitrogens with one attached hydrogen (secondary N) is 2. The van der Waals surface area contributed by atoms with Crippen LogP contribution in [0.25, 0.3) is 11.2 Å². The molecule has 1 aromatic carbocycles. The third kappa shape index (κ3) is 4.39. The van der Waals surface area contributed by atoms with Gasteiger partial charge in [0, 0.05) is 18.8 Å². The Morgan fingerprint density at radius 1 is 1.06 bits per heavy atom. The molecule has 2 N–H and O–H groups in total. The number of halogens is 3. The van der Waals surface area contributed by atoms with Crippen molar-refractivity contribution in [3.8, 4) is 0 Å². The second-order valence-corrected chi connectivity index (χ2v) is 7.06. The van der Waals surface area contributed by atoms with Crippen molar-refractivity contribution < 1.29 is 13.2 Å². The lowest BCUT2D eigenvalue weighted by Gasteiger charge is -2.13. The van der Waals surface area contributed by atoms with Crippen LogP contribution in [0.1, 0.15) is 31.0 Å². The number of rotatable bonds is 6. The van der Waals surface area contributed by atoms with E-state index in [9.17, 15) is 13.2 Å². The fraction of sp³-hybridized carbons (Fsp3) is 0.250. The first-order chi connectivity index (χ1) is 14.8. The van der Waals surface area contributed by atoms with Gasteiger partial charge in [0.15, 0.2) is 17.0 Å². The molecule has 0 saturated heterocycles. The summed E-state index contributed by atoms with van der Waals surface area (Å²) in [5.74, 6) is 1.51. The summed E-state index contributed by atoms with van der Waals surface area (Å²) in [5, 5.41) is 6.23. The molecule has 0 atom stereocenters. The molecule has 0 spiro atoms. The Labute approximate surface area is 175 Å². The molecular formula is C20H19F3N8. The number of hydrogen-bond acceptors (Lipinski definition) is 7. The molecule has 0 bridgehead atoms. The maximum atomic E-state index is 13.0. The molecule has 11 heteroatoms. The number of nitrogens with zero attached hydrogens (tertiary/aromatic N) is 6. The molecule has 0 aliphatic heterocycles. The topological polar surface area (TPSA) is 93.4 Å². The highest BCUT2D eigenvalue weighted by Crippen LogP contribution is 2.30. The minimum atomic E-state index is -4.39. The van der Waals surface area contributed by atoms with E-state index in [1.165, 1.54) is 18.7 Å². The summed E-state index contributed by atoms with van der Waals surface area (Å²) in [5.41, 5.74) is 0.872. The van der Waals surface area contributed by atoms with Gasteiger partial charge in [-0.2, -0.15) is 13.2 Å². The summed E-state index contributed by atoms with van der Waals surface area (Å²) >= 11 is 0. The van der Waals surface area contributed by atoms with E-state index < -0.39 is 11.7 Å². The van der Waals surface area contributed by atoms with Gasteiger partial charge < -0.3 is 10.6 Å². The summed E-state index contributed by atoms with van der Waals surface area (Å²) in [7, 11) is 0. The maximum Gasteiger partial charge on any atom is 0.416 e. The van der Waals surface area contributed by atoms with Gasteiger partial charge in [-0.15, -0.1) is 0 Å². The zero-order valence-corrected chi connectivity index (χ0v) is 16.7. The standard InChI is InChI=1S/C20H19F3N8/c1-12(2)31-18-16(30-19(31)29-15-6-7-24-10-26-15)17(27-11-28-18)25-9-13-4-3-5-14(8-13)20(21,22)23/h3-8,10-12H,9H2,1-2H3,(H,25,27,28)(H,24,26,29,30). The molecule has 0 saturated carbocycles. The first-order valence-corrected chi connectivity index (χ1v) is 9.49. The lowest BCUT2D eigenvalue weighted by atomic mass is 10.1. The fourth-order valence-corrected chi connectivity index (χ4v) is 3.14. The zero-order chi connectivity index (χ0) is 22.0. The van der Waals surface area contributed by atoms with Crippen LogP contribution in [-0.4, -0.2) is 29.5 Å². The normalized spacial score (nSPS) is 11.8. The van der Waals surface area contributed by atoms with E-state index in [1.807, 2.05) is 18.4 Å². The van der Waals surface area contributed by atoms with Crippen LogP contribution < -0.4 is 10.6 Å². The third-order valence-electron chi connectivity index (χ3n) is 4.53. The van der Waals surface area contributed by atoms with E-state index in [-0.39, 0.29) is 12.6 Å². The van der Waals surface area contributed by atoms with E-state index in [2.05, 4.69) is 35.6 Å². The quantitative estimate of drug-likeness (QED) is 0.465. The molecular weight excluding hydrogens is 409 g/mol. The predicted octanol–water partition coefficient (Wildman–Crippen LogP) is 4.57. The monoisotopic (exact) mass is 428 g/mol. The Hall–Kier alpha value is -3.76. The first kappa shape index (κ1) is 20.5. The highest BCUT2D eigenvalue weighted by atomic mass is 19.4. The Morgan fingerprint density at radius 2 is 1.90 bits per heavy atom. The SMILES string of the molecule is CC(C)n1c(Nc2ccncn2)nc2c(NCc3cccc(C(F)(F)F)c3)ncnc21. The molecule has 3 heterocycles. The van der Waals surface area contributed by atoms with Crippen molar-refractivity contribution in [2.24, 2.45) is 0 Å². The third-order valence-corrected chi connectivity index (χ3v) is 4.53. The molecule has 0 aliphatic carbocycles. The molecule has 0 radical (unpaired) electrons. The molecule has 8 nitrogen and oxygen atoms in total. The number of anilines is 3. The van der Waals surface area contributed by atoms with Gasteiger partial charge in [-0.05, 0) is 37.6 Å². The first-order valence-electron chi connectivity index (χ1n) is 9.49. The van der Waals surface area contributed by atoms with Crippen molar-refractivity contribution >= 4 is 28.7 Å². The Bertz CT molecular complexity index is 1190. The summed E-state index contributed by atoms with van der Waals surface area (Å²) in [6, 6.07) is 6.90. The molecule has 4 aromatic rings. The van der Waals surface area contributed by atoms with Gasteiger partial charge in [-0.3, -0.25) is 4.57 Å². The molecule has 4 rings (SSSR count). The summed E-state index contributed by atoms with van der Waals surface area (Å²) in [6.07, 6.45) is 0.0355.